The molecule has 4 heteroatoms. The van der Waals surface area contributed by atoms with Crippen LogP contribution in [0.3, 0.4) is 0 Å². The molecular weight excluding hydrogens is 240 g/mol. The van der Waals surface area contributed by atoms with Gasteiger partial charge in [0.05, 0.1) is 6.20 Å². The highest BCUT2D eigenvalue weighted by Gasteiger charge is 2.82. The van der Waals surface area contributed by atoms with Crippen LogP contribution >= 0.6 is 0 Å². The van der Waals surface area contributed by atoms with Gasteiger partial charge >= 0.3 is 0 Å². The molecule has 0 spiro atoms. The monoisotopic (exact) mass is 260 g/mol. The predicted molar refractivity (Wildman–Crippen MR) is 71.2 cm³/mol. The molecule has 0 amide bonds. The molecule has 4 rings (SSSR count). The summed E-state index contributed by atoms with van der Waals surface area (Å²) in [7, 11) is 0. The van der Waals surface area contributed by atoms with E-state index in [4.69, 9.17) is 9.84 Å². The van der Waals surface area contributed by atoms with Gasteiger partial charge in [0.1, 0.15) is 12.4 Å². The number of ether oxygens (including phenoxy) is 1. The van der Waals surface area contributed by atoms with Gasteiger partial charge in [-0.25, -0.2) is 0 Å². The van der Waals surface area contributed by atoms with Crippen molar-refractivity contribution < 1.29 is 9.84 Å². The molecule has 2 saturated carbocycles. The van der Waals surface area contributed by atoms with E-state index in [0.29, 0.717) is 23.5 Å². The van der Waals surface area contributed by atoms with Crippen molar-refractivity contribution in [2.75, 3.05) is 19.8 Å². The van der Waals surface area contributed by atoms with Crippen LogP contribution in [0, 0.1) is 5.41 Å². The van der Waals surface area contributed by atoms with Crippen LogP contribution in [0.5, 0.6) is 5.75 Å². The molecule has 2 heterocycles. The van der Waals surface area contributed by atoms with E-state index in [2.05, 4.69) is 16.4 Å². The first-order valence-electron chi connectivity index (χ1n) is 7.21. The zero-order chi connectivity index (χ0) is 12.9. The summed E-state index contributed by atoms with van der Waals surface area (Å²) in [6.07, 6.45) is 8.35. The van der Waals surface area contributed by atoms with Gasteiger partial charge in [-0.3, -0.25) is 4.98 Å². The fraction of sp³-hybridized carbons (Fsp3) is 0.667. The summed E-state index contributed by atoms with van der Waals surface area (Å²) in [5.74, 6) is 0.886. The maximum atomic E-state index is 9.12. The number of hydrogen-bond donors (Lipinski definition) is 2. The Bertz CT molecular complexity index is 493. The Morgan fingerprint density at radius 1 is 1.42 bits per heavy atom. The van der Waals surface area contributed by atoms with Crippen LogP contribution in [-0.2, 0) is 5.41 Å². The first-order chi connectivity index (χ1) is 9.28. The minimum atomic E-state index is 0.304. The lowest BCUT2D eigenvalue weighted by Gasteiger charge is -2.27. The largest absolute Gasteiger partial charge is 0.490 e. The van der Waals surface area contributed by atoms with Gasteiger partial charge in [0.15, 0.2) is 0 Å². The third kappa shape index (κ3) is 1.70. The summed E-state index contributed by atoms with van der Waals surface area (Å²) < 4.78 is 5.81. The molecule has 1 atom stereocenters. The van der Waals surface area contributed by atoms with Crippen LogP contribution in [0.15, 0.2) is 18.5 Å². The van der Waals surface area contributed by atoms with Crippen molar-refractivity contribution in [2.45, 2.75) is 37.1 Å². The number of nitrogens with one attached hydrogen (secondary N) is 1. The lowest BCUT2D eigenvalue weighted by atomic mass is 10.1. The molecule has 102 valence electrons. The number of aromatic nitrogens is 1. The molecule has 0 aromatic carbocycles. The maximum absolute atomic E-state index is 9.12. The molecule has 1 aliphatic heterocycles. The number of rotatable bonds is 6. The van der Waals surface area contributed by atoms with Gasteiger partial charge in [-0.1, -0.05) is 0 Å². The second-order valence-corrected chi connectivity index (χ2v) is 6.35. The number of aliphatic hydroxyl groups is 1. The van der Waals surface area contributed by atoms with Crippen molar-refractivity contribution in [1.29, 1.82) is 0 Å². The SMILES string of the molecule is OCCC12CC1(c1cncc(OC[C@@H]3CCN3)c1)C2. The summed E-state index contributed by atoms with van der Waals surface area (Å²) >= 11 is 0. The van der Waals surface area contributed by atoms with Gasteiger partial charge < -0.3 is 15.2 Å². The summed E-state index contributed by atoms with van der Waals surface area (Å²) in [5.41, 5.74) is 2.04. The molecule has 19 heavy (non-hydrogen) atoms. The Hall–Kier alpha value is -1.13. The van der Waals surface area contributed by atoms with Crippen molar-refractivity contribution in [3.05, 3.63) is 24.0 Å². The van der Waals surface area contributed by atoms with E-state index < -0.39 is 0 Å². The van der Waals surface area contributed by atoms with E-state index in [-0.39, 0.29) is 0 Å². The summed E-state index contributed by atoms with van der Waals surface area (Å²) in [5, 5.41) is 12.4. The van der Waals surface area contributed by atoms with Crippen molar-refractivity contribution >= 4 is 0 Å². The summed E-state index contributed by atoms with van der Waals surface area (Å²) in [4.78, 5) is 4.32. The van der Waals surface area contributed by atoms with Crippen LogP contribution in [0.1, 0.15) is 31.2 Å². The second kappa shape index (κ2) is 3.93. The third-order valence-electron chi connectivity index (χ3n) is 5.28. The molecule has 1 aromatic heterocycles. The highest BCUT2D eigenvalue weighted by atomic mass is 16.5. The number of nitrogens with zero attached hydrogens (tertiary/aromatic N) is 1. The molecule has 2 aliphatic carbocycles. The smallest absolute Gasteiger partial charge is 0.137 e. The Balaban J connectivity index is 1.43. The molecular formula is C15H20N2O2. The van der Waals surface area contributed by atoms with Crippen molar-refractivity contribution in [1.82, 2.24) is 10.3 Å². The number of hydrogen-bond acceptors (Lipinski definition) is 4. The molecule has 2 N–H and O–H groups in total. The average molecular weight is 260 g/mol. The van der Waals surface area contributed by atoms with E-state index in [9.17, 15) is 0 Å². The van der Waals surface area contributed by atoms with Crippen molar-refractivity contribution in [3.8, 4) is 5.75 Å². The lowest BCUT2D eigenvalue weighted by Crippen LogP contribution is -2.46. The quantitative estimate of drug-likeness (QED) is 0.808. The molecule has 3 aliphatic rings. The molecule has 1 aromatic rings. The first kappa shape index (κ1) is 11.7. The van der Waals surface area contributed by atoms with Gasteiger partial charge in [0.25, 0.3) is 0 Å². The van der Waals surface area contributed by atoms with Gasteiger partial charge in [-0.2, -0.15) is 0 Å². The molecule has 0 unspecified atom stereocenters. The van der Waals surface area contributed by atoms with E-state index in [1.165, 1.54) is 24.8 Å². The van der Waals surface area contributed by atoms with Crippen LogP contribution in [0.2, 0.25) is 0 Å². The van der Waals surface area contributed by atoms with E-state index in [1.54, 1.807) is 6.20 Å². The highest BCUT2D eigenvalue weighted by molar-refractivity contribution is 5.50. The van der Waals surface area contributed by atoms with Crippen LogP contribution < -0.4 is 10.1 Å². The second-order valence-electron chi connectivity index (χ2n) is 6.35. The van der Waals surface area contributed by atoms with E-state index in [1.807, 2.05) is 6.20 Å². The van der Waals surface area contributed by atoms with Crippen LogP contribution in [0.25, 0.3) is 0 Å². The molecule has 3 fully saturated rings. The minimum Gasteiger partial charge on any atom is -0.490 e. The van der Waals surface area contributed by atoms with Crippen LogP contribution in [-0.4, -0.2) is 35.9 Å². The van der Waals surface area contributed by atoms with Crippen LogP contribution in [0.4, 0.5) is 0 Å². The Morgan fingerprint density at radius 3 is 2.95 bits per heavy atom. The van der Waals surface area contributed by atoms with Gasteiger partial charge in [0, 0.05) is 24.3 Å². The summed E-state index contributed by atoms with van der Waals surface area (Å²) in [6, 6.07) is 2.66. The van der Waals surface area contributed by atoms with Crippen molar-refractivity contribution in [3.63, 3.8) is 0 Å². The maximum Gasteiger partial charge on any atom is 0.137 e. The van der Waals surface area contributed by atoms with E-state index in [0.717, 1.165) is 25.3 Å². The Morgan fingerprint density at radius 2 is 2.26 bits per heavy atom. The van der Waals surface area contributed by atoms with Gasteiger partial charge in [0.2, 0.25) is 0 Å². The van der Waals surface area contributed by atoms with Gasteiger partial charge in [-0.05, 0) is 49.3 Å². The zero-order valence-electron chi connectivity index (χ0n) is 11.1. The number of fused-ring (bicyclic) bond motifs is 1. The predicted octanol–water partition coefficient (Wildman–Crippen LogP) is 1.24. The molecule has 0 bridgehead atoms. The Kier molecular flexibility index (Phi) is 2.42. The first-order valence-corrected chi connectivity index (χ1v) is 7.21. The number of pyridine rings is 1. The zero-order valence-corrected chi connectivity index (χ0v) is 11.1. The fourth-order valence-electron chi connectivity index (χ4n) is 3.60. The fourth-order valence-corrected chi connectivity index (χ4v) is 3.60. The van der Waals surface area contributed by atoms with Crippen molar-refractivity contribution in [2.24, 2.45) is 5.41 Å². The summed E-state index contributed by atoms with van der Waals surface area (Å²) in [6.45, 7) is 2.15. The number of aliphatic hydroxyl groups excluding tert-OH is 1. The third-order valence-corrected chi connectivity index (χ3v) is 5.28. The normalized spacial score (nSPS) is 38.3. The average Bonchev–Trinajstić information content (AvgIpc) is 3.15. The molecule has 1 saturated heterocycles. The highest BCUT2D eigenvalue weighted by Crippen LogP contribution is 2.87. The topological polar surface area (TPSA) is 54.4 Å². The standard InChI is InChI=1S/C15H20N2O2/c18-4-2-14-9-15(14,10-14)11-5-13(7-16-6-11)19-8-12-1-3-17-12/h5-7,12,17-18H,1-4,8-10H2/t12-,14?,15?/m0/s1. The van der Waals surface area contributed by atoms with E-state index >= 15 is 0 Å². The Labute approximate surface area is 113 Å². The molecule has 0 radical (unpaired) electrons. The minimum absolute atomic E-state index is 0.304. The van der Waals surface area contributed by atoms with Gasteiger partial charge in [-0.15, -0.1) is 0 Å². The lowest BCUT2D eigenvalue weighted by molar-refractivity contribution is 0.216. The molecule has 4 nitrogen and oxygen atoms in total.